The normalized spacial score (nSPS) is 9.67. The molecule has 0 atom stereocenters. The van der Waals surface area contributed by atoms with Gasteiger partial charge >= 0.3 is 23.1 Å². The average molecular weight is 118 g/mol. The van der Waals surface area contributed by atoms with Crippen molar-refractivity contribution < 1.29 is 17.2 Å². The van der Waals surface area contributed by atoms with Gasteiger partial charge in [0.2, 0.25) is 7.57 Å². The van der Waals surface area contributed by atoms with E-state index in [9.17, 15) is 0 Å². The van der Waals surface area contributed by atoms with Crippen LogP contribution in [0.4, 0.5) is 0 Å². The van der Waals surface area contributed by atoms with Crippen molar-refractivity contribution in [2.24, 2.45) is 0 Å². The summed E-state index contributed by atoms with van der Waals surface area (Å²) in [6, 6.07) is 0. The van der Waals surface area contributed by atoms with Crippen LogP contribution in [-0.2, 0) is 4.57 Å². The van der Waals surface area contributed by atoms with Gasteiger partial charge in [0, 0.05) is 0 Å². The van der Waals surface area contributed by atoms with E-state index in [1.165, 1.54) is 0 Å². The molecule has 0 aliphatic carbocycles. The molecule has 0 rings (SSSR count). The molecule has 0 fully saturated rings. The van der Waals surface area contributed by atoms with E-state index in [2.05, 4.69) is 7.57 Å². The fourth-order valence-corrected chi connectivity index (χ4v) is 0. The van der Waals surface area contributed by atoms with Crippen LogP contribution < -0.4 is 0 Å². The summed E-state index contributed by atoms with van der Waals surface area (Å²) in [5.41, 5.74) is 0. The summed E-state index contributed by atoms with van der Waals surface area (Å²) in [5.74, 6) is 0. The van der Waals surface area contributed by atoms with Gasteiger partial charge < -0.3 is 12.6 Å². The van der Waals surface area contributed by atoms with Gasteiger partial charge in [0.25, 0.3) is 7.47 Å². The molecule has 0 heterocycles. The van der Waals surface area contributed by atoms with Crippen LogP contribution in [0.25, 0.3) is 0 Å². The van der Waals surface area contributed by atoms with E-state index in [0.717, 1.165) is 0 Å². The number of rotatable bonds is 0. The van der Waals surface area contributed by atoms with E-state index in [-0.39, 0.29) is 25.9 Å². The topological polar surface area (TPSA) is 57.5 Å². The molecule has 0 aromatic carbocycles. The second-order valence-electron chi connectivity index (χ2n) is 0.589. The Labute approximate surface area is 55.8 Å². The van der Waals surface area contributed by atoms with Crippen molar-refractivity contribution in [2.45, 2.75) is 0 Å². The molecule has 0 spiro atoms. The van der Waals surface area contributed by atoms with Crippen molar-refractivity contribution in [3.05, 3.63) is 0 Å². The summed E-state index contributed by atoms with van der Waals surface area (Å²) in [6.45, 7) is 0. The van der Waals surface area contributed by atoms with Crippen LogP contribution in [0.1, 0.15) is 2.85 Å². The molecule has 6 heteroatoms. The largest absolute Gasteiger partial charge is 2.00 e. The predicted octanol–water partition coefficient (Wildman–Crippen LogP) is -0.908. The summed E-state index contributed by atoms with van der Waals surface area (Å²) in [7, 11) is -0.118. The maximum Gasteiger partial charge on any atom is 2.00 e. The molecule has 0 saturated heterocycles. The van der Waals surface area contributed by atoms with Gasteiger partial charge in [0.05, 0.1) is 0 Å². The Morgan fingerprint density at radius 2 is 1.67 bits per heavy atom. The van der Waals surface area contributed by atoms with Gasteiger partial charge in [0.15, 0.2) is 0 Å². The third-order valence-corrected chi connectivity index (χ3v) is 0. The first kappa shape index (κ1) is 10.1. The Morgan fingerprint density at radius 3 is 1.67 bits per heavy atom. The molecule has 3 nitrogen and oxygen atoms in total. The Kier molecular flexibility index (Phi) is 5.11. The van der Waals surface area contributed by atoms with Crippen molar-refractivity contribution >= 4 is 38.1 Å². The monoisotopic (exact) mass is 118 g/mol. The minimum Gasteiger partial charge on any atom is -1.00 e. The molecule has 2 radical (unpaired) electrons. The molecule has 0 amide bonds. The van der Waals surface area contributed by atoms with Crippen molar-refractivity contribution in [1.82, 2.24) is 0 Å². The number of hydrogen-bond donors (Lipinski definition) is 2. The van der Waals surface area contributed by atoms with Gasteiger partial charge in [-0.2, -0.15) is 0 Å². The van der Waals surface area contributed by atoms with E-state index >= 15 is 0 Å². The summed E-state index contributed by atoms with van der Waals surface area (Å²) >= 11 is 0. The van der Waals surface area contributed by atoms with Crippen LogP contribution in [0, 0.1) is 0 Å². The van der Waals surface area contributed by atoms with E-state index in [4.69, 9.17) is 14.4 Å². The third-order valence-electron chi connectivity index (χ3n) is 0. The first-order valence-corrected chi connectivity index (χ1v) is 2.52. The Balaban J connectivity index is -0.0000000267. The predicted molar refractivity (Wildman–Crippen MR) is 25.8 cm³/mol. The molecule has 6 heavy (non-hydrogen) atoms. The van der Waals surface area contributed by atoms with Crippen molar-refractivity contribution in [1.29, 1.82) is 0 Å². The quantitative estimate of drug-likeness (QED) is 0.320. The minimum atomic E-state index is -4.14. The average Bonchev–Trinajstić information content (AvgIpc) is 0.722. The van der Waals surface area contributed by atoms with Crippen LogP contribution >= 0.6 is 7.47 Å². The van der Waals surface area contributed by atoms with Gasteiger partial charge in [-0.05, 0) is 0 Å². The summed E-state index contributed by atoms with van der Waals surface area (Å²) in [6.07, 6.45) is 0. The Hall–Kier alpha value is 0.981. The maximum absolute atomic E-state index is 9.10. The van der Waals surface area contributed by atoms with E-state index in [1.807, 2.05) is 0 Å². The Morgan fingerprint density at radius 1 is 1.67 bits per heavy atom. The van der Waals surface area contributed by atoms with Crippen molar-refractivity contribution in [3.8, 4) is 0 Å². The fraction of sp³-hybridized carbons (Fsp3) is 0. The first-order valence-electron chi connectivity index (χ1n) is 0.841. The summed E-state index contributed by atoms with van der Waals surface area (Å²) in [5, 5.41) is 0. The zero-order chi connectivity index (χ0) is 4.50. The van der Waals surface area contributed by atoms with Gasteiger partial charge in [-0.3, -0.25) is 4.57 Å². The standard InChI is InChI=1S/BH2O3P.Mg.2H/c1-5(2,3)4;;;/h(H2,2,3,4);;;/q;+2;2*-1. The molecule has 0 unspecified atom stereocenters. The van der Waals surface area contributed by atoms with Gasteiger partial charge in [-0.15, -0.1) is 0 Å². The van der Waals surface area contributed by atoms with Gasteiger partial charge in [0.1, 0.15) is 0 Å². The Bertz CT molecular complexity index is 63.4. The molecule has 0 bridgehead atoms. The van der Waals surface area contributed by atoms with E-state index in [1.54, 1.807) is 0 Å². The van der Waals surface area contributed by atoms with Crippen LogP contribution in [-0.4, -0.2) is 40.4 Å². The van der Waals surface area contributed by atoms with Crippen LogP contribution in [0.2, 0.25) is 0 Å². The second kappa shape index (κ2) is 3.05. The molecule has 2 N–H and O–H groups in total. The number of hydrogen-bond acceptors (Lipinski definition) is 1. The summed E-state index contributed by atoms with van der Waals surface area (Å²) < 4.78 is 9.10. The third kappa shape index (κ3) is 82.0. The molecule has 0 aliphatic rings. The molecule has 32 valence electrons. The minimum absolute atomic E-state index is 0. The molecule has 0 aromatic rings. The molecule has 0 saturated carbocycles. The fourth-order valence-electron chi connectivity index (χ4n) is 0. The summed E-state index contributed by atoms with van der Waals surface area (Å²) in [4.78, 5) is 14.8. The molecular weight excluding hydrogens is 114 g/mol. The second-order valence-corrected chi connectivity index (χ2v) is 1.77. The SMILES string of the molecule is [B]P(=O)(O)O.[H-].[H-].[Mg+2]. The van der Waals surface area contributed by atoms with Crippen LogP contribution in [0.3, 0.4) is 0 Å². The first-order chi connectivity index (χ1) is 2.00. The van der Waals surface area contributed by atoms with Crippen LogP contribution in [0.5, 0.6) is 0 Å². The van der Waals surface area contributed by atoms with E-state index in [0.29, 0.717) is 0 Å². The van der Waals surface area contributed by atoms with Gasteiger partial charge in [-0.1, -0.05) is 0 Å². The zero-order valence-electron chi connectivity index (χ0n) is 5.03. The van der Waals surface area contributed by atoms with Crippen molar-refractivity contribution in [3.63, 3.8) is 0 Å². The molecular formula is H4BMgO3P. The van der Waals surface area contributed by atoms with Gasteiger partial charge in [-0.25, -0.2) is 0 Å². The van der Waals surface area contributed by atoms with Crippen molar-refractivity contribution in [2.75, 3.05) is 0 Å². The molecule has 0 aromatic heterocycles. The zero-order valence-corrected chi connectivity index (χ0v) is 5.34. The van der Waals surface area contributed by atoms with Crippen LogP contribution in [0.15, 0.2) is 0 Å². The maximum atomic E-state index is 9.10. The molecule has 0 aliphatic heterocycles. The smallest absolute Gasteiger partial charge is 1.00 e. The van der Waals surface area contributed by atoms with E-state index < -0.39 is 7.47 Å².